The van der Waals surface area contributed by atoms with Gasteiger partial charge in [-0.1, -0.05) is 27.5 Å². The van der Waals surface area contributed by atoms with Crippen LogP contribution in [-0.4, -0.2) is 7.05 Å². The monoisotopic (exact) mass is 407 g/mol. The largest absolute Gasteiger partial charge is 0.309 e. The minimum atomic E-state index is 0.162. The zero-order chi connectivity index (χ0) is 13.3. The van der Waals surface area contributed by atoms with E-state index in [2.05, 4.69) is 56.2 Å². The standard InChI is InChI=1S/C13H12Br2ClNS/c1-7-11(15)6-12(18-7)13(17-2)8-3-9(14)5-10(16)4-8/h3-6,13,17H,1-2H3. The predicted octanol–water partition coefficient (Wildman–Crippen LogP) is 5.54. The second kappa shape index (κ2) is 6.06. The molecular weight excluding hydrogens is 397 g/mol. The summed E-state index contributed by atoms with van der Waals surface area (Å²) >= 11 is 14.9. The second-order valence-corrected chi connectivity index (χ2v) is 7.47. The third-order valence-electron chi connectivity index (χ3n) is 2.67. The summed E-state index contributed by atoms with van der Waals surface area (Å²) in [7, 11) is 1.96. The van der Waals surface area contributed by atoms with Crippen LogP contribution in [0.2, 0.25) is 5.02 Å². The molecule has 2 aromatic rings. The Hall–Kier alpha value is 0.130. The van der Waals surface area contributed by atoms with E-state index >= 15 is 0 Å². The summed E-state index contributed by atoms with van der Waals surface area (Å²) < 4.78 is 2.15. The Bertz CT molecular complexity index is 528. The van der Waals surface area contributed by atoms with Crippen molar-refractivity contribution < 1.29 is 0 Å². The van der Waals surface area contributed by atoms with E-state index in [1.807, 2.05) is 19.2 Å². The molecule has 1 unspecified atom stereocenters. The van der Waals surface area contributed by atoms with E-state index in [1.165, 1.54) is 9.75 Å². The van der Waals surface area contributed by atoms with Gasteiger partial charge in [0.25, 0.3) is 0 Å². The number of hydrogen-bond donors (Lipinski definition) is 1. The lowest BCUT2D eigenvalue weighted by Gasteiger charge is -2.15. The Morgan fingerprint density at radius 3 is 2.44 bits per heavy atom. The van der Waals surface area contributed by atoms with E-state index in [1.54, 1.807) is 11.3 Å². The Labute approximate surface area is 133 Å². The van der Waals surface area contributed by atoms with Crippen LogP contribution in [0.25, 0.3) is 0 Å². The molecule has 0 spiro atoms. The lowest BCUT2D eigenvalue weighted by molar-refractivity contribution is 0.703. The van der Waals surface area contributed by atoms with Gasteiger partial charge in [-0.2, -0.15) is 0 Å². The number of aryl methyl sites for hydroxylation is 1. The summed E-state index contributed by atoms with van der Waals surface area (Å²) in [4.78, 5) is 2.56. The lowest BCUT2D eigenvalue weighted by Crippen LogP contribution is -2.16. The molecule has 0 aliphatic carbocycles. The smallest absolute Gasteiger partial charge is 0.0670 e. The normalized spacial score (nSPS) is 12.7. The number of halogens is 3. The molecule has 0 amide bonds. The summed E-state index contributed by atoms with van der Waals surface area (Å²) in [5, 5.41) is 4.08. The summed E-state index contributed by atoms with van der Waals surface area (Å²) in [5.74, 6) is 0. The van der Waals surface area contributed by atoms with Crippen molar-refractivity contribution in [2.75, 3.05) is 7.05 Å². The van der Waals surface area contributed by atoms with Crippen LogP contribution < -0.4 is 5.32 Å². The van der Waals surface area contributed by atoms with Crippen LogP contribution in [0.4, 0.5) is 0 Å². The molecule has 2 rings (SSSR count). The fraction of sp³-hybridized carbons (Fsp3) is 0.231. The van der Waals surface area contributed by atoms with Crippen LogP contribution in [-0.2, 0) is 0 Å². The van der Waals surface area contributed by atoms with Crippen molar-refractivity contribution in [2.24, 2.45) is 0 Å². The number of thiophene rings is 1. The van der Waals surface area contributed by atoms with Gasteiger partial charge in [0.2, 0.25) is 0 Å². The van der Waals surface area contributed by atoms with Crippen LogP contribution in [0.3, 0.4) is 0 Å². The molecule has 1 N–H and O–H groups in total. The molecule has 0 radical (unpaired) electrons. The van der Waals surface area contributed by atoms with Crippen molar-refractivity contribution in [2.45, 2.75) is 13.0 Å². The fourth-order valence-corrected chi connectivity index (χ4v) is 4.42. The molecule has 1 nitrogen and oxygen atoms in total. The molecule has 0 aliphatic heterocycles. The third-order valence-corrected chi connectivity index (χ3v) is 5.55. The fourth-order valence-electron chi connectivity index (χ4n) is 1.84. The van der Waals surface area contributed by atoms with Crippen molar-refractivity contribution in [1.82, 2.24) is 5.32 Å². The first-order valence-corrected chi connectivity index (χ1v) is 8.18. The quantitative estimate of drug-likeness (QED) is 0.701. The molecule has 96 valence electrons. The SMILES string of the molecule is CNC(c1cc(Cl)cc(Br)c1)c1cc(Br)c(C)s1. The molecule has 1 aromatic carbocycles. The highest BCUT2D eigenvalue weighted by Crippen LogP contribution is 2.35. The van der Waals surface area contributed by atoms with Gasteiger partial charge in [0.05, 0.1) is 6.04 Å². The zero-order valence-electron chi connectivity index (χ0n) is 9.93. The molecular formula is C13H12Br2ClNS. The Morgan fingerprint density at radius 1 is 1.22 bits per heavy atom. The molecule has 0 saturated heterocycles. The van der Waals surface area contributed by atoms with Gasteiger partial charge in [-0.15, -0.1) is 11.3 Å². The van der Waals surface area contributed by atoms with Crippen molar-refractivity contribution in [3.8, 4) is 0 Å². The molecule has 1 aromatic heterocycles. The molecule has 0 saturated carbocycles. The van der Waals surface area contributed by atoms with Crippen molar-refractivity contribution >= 4 is 54.8 Å². The number of hydrogen-bond acceptors (Lipinski definition) is 2. The van der Waals surface area contributed by atoms with E-state index in [4.69, 9.17) is 11.6 Å². The van der Waals surface area contributed by atoms with Gasteiger partial charge >= 0.3 is 0 Å². The van der Waals surface area contributed by atoms with Gasteiger partial charge < -0.3 is 5.32 Å². The van der Waals surface area contributed by atoms with Crippen LogP contribution in [0.15, 0.2) is 33.2 Å². The number of nitrogens with one attached hydrogen (secondary N) is 1. The highest BCUT2D eigenvalue weighted by molar-refractivity contribution is 9.10. The highest BCUT2D eigenvalue weighted by Gasteiger charge is 2.16. The van der Waals surface area contributed by atoms with Gasteiger partial charge in [0.15, 0.2) is 0 Å². The van der Waals surface area contributed by atoms with Crippen LogP contribution in [0, 0.1) is 6.92 Å². The van der Waals surface area contributed by atoms with Gasteiger partial charge in [-0.3, -0.25) is 0 Å². The summed E-state index contributed by atoms with van der Waals surface area (Å²) in [6.45, 7) is 2.11. The molecule has 0 fully saturated rings. The first-order chi connectivity index (χ1) is 8.51. The third kappa shape index (κ3) is 3.17. The van der Waals surface area contributed by atoms with E-state index < -0.39 is 0 Å². The first kappa shape index (κ1) is 14.5. The Balaban J connectivity index is 2.44. The van der Waals surface area contributed by atoms with Gasteiger partial charge in [-0.05, 0) is 59.7 Å². The maximum atomic E-state index is 6.11. The summed E-state index contributed by atoms with van der Waals surface area (Å²) in [5.41, 5.74) is 1.16. The van der Waals surface area contributed by atoms with Crippen molar-refractivity contribution in [1.29, 1.82) is 0 Å². The van der Waals surface area contributed by atoms with E-state index in [0.29, 0.717) is 0 Å². The molecule has 5 heteroatoms. The van der Waals surface area contributed by atoms with Crippen LogP contribution >= 0.6 is 54.8 Å². The predicted molar refractivity (Wildman–Crippen MR) is 86.8 cm³/mol. The molecule has 1 atom stereocenters. The van der Waals surface area contributed by atoms with Crippen LogP contribution in [0.1, 0.15) is 21.4 Å². The molecule has 0 bridgehead atoms. The zero-order valence-corrected chi connectivity index (χ0v) is 14.7. The minimum Gasteiger partial charge on any atom is -0.309 e. The van der Waals surface area contributed by atoms with Gasteiger partial charge in [-0.25, -0.2) is 0 Å². The first-order valence-electron chi connectivity index (χ1n) is 5.40. The van der Waals surface area contributed by atoms with Gasteiger partial charge in [0, 0.05) is 23.7 Å². The Morgan fingerprint density at radius 2 is 1.94 bits per heavy atom. The van der Waals surface area contributed by atoms with E-state index in [-0.39, 0.29) is 6.04 Å². The van der Waals surface area contributed by atoms with Gasteiger partial charge in [0.1, 0.15) is 0 Å². The minimum absolute atomic E-state index is 0.162. The average molecular weight is 410 g/mol. The highest BCUT2D eigenvalue weighted by atomic mass is 79.9. The topological polar surface area (TPSA) is 12.0 Å². The van der Waals surface area contributed by atoms with Crippen molar-refractivity contribution in [3.05, 3.63) is 53.6 Å². The summed E-state index contributed by atoms with van der Waals surface area (Å²) in [6.07, 6.45) is 0. The van der Waals surface area contributed by atoms with E-state index in [0.717, 1.165) is 19.5 Å². The maximum absolute atomic E-state index is 6.11. The Kier molecular flexibility index (Phi) is 4.89. The molecule has 18 heavy (non-hydrogen) atoms. The average Bonchev–Trinajstić information content (AvgIpc) is 2.58. The second-order valence-electron chi connectivity index (χ2n) is 3.98. The van der Waals surface area contributed by atoms with Crippen molar-refractivity contribution in [3.63, 3.8) is 0 Å². The lowest BCUT2D eigenvalue weighted by atomic mass is 10.1. The molecule has 1 heterocycles. The summed E-state index contributed by atoms with van der Waals surface area (Å²) in [6, 6.07) is 8.31. The van der Waals surface area contributed by atoms with E-state index in [9.17, 15) is 0 Å². The number of rotatable bonds is 3. The molecule has 0 aliphatic rings. The number of benzene rings is 1. The maximum Gasteiger partial charge on any atom is 0.0670 e. The van der Waals surface area contributed by atoms with Crippen LogP contribution in [0.5, 0.6) is 0 Å².